The number of carbonyl (C=O) groups is 1. The van der Waals surface area contributed by atoms with Crippen molar-refractivity contribution in [1.82, 2.24) is 10.3 Å². The molecule has 0 aliphatic rings. The van der Waals surface area contributed by atoms with Crippen molar-refractivity contribution in [1.29, 1.82) is 0 Å². The fourth-order valence-corrected chi connectivity index (χ4v) is 3.13. The number of amides is 1. The van der Waals surface area contributed by atoms with E-state index in [1.807, 2.05) is 61.5 Å². The van der Waals surface area contributed by atoms with Crippen molar-refractivity contribution in [3.8, 4) is 11.3 Å². The molecule has 1 N–H and O–H groups in total. The summed E-state index contributed by atoms with van der Waals surface area (Å²) in [4.78, 5) is 17.6. The molecular weight excluding hydrogens is 320 g/mol. The van der Waals surface area contributed by atoms with E-state index in [9.17, 15) is 4.79 Å². The SMILES string of the molecule is CCCCCCNC(=O)c1cc(-c2ccccc2)nc2ccc(C)cc12. The summed E-state index contributed by atoms with van der Waals surface area (Å²) in [6.07, 6.45) is 4.59. The number of carbonyl (C=O) groups excluding carboxylic acids is 1. The Labute approximate surface area is 155 Å². The summed E-state index contributed by atoms with van der Waals surface area (Å²) in [7, 11) is 0. The van der Waals surface area contributed by atoms with Gasteiger partial charge >= 0.3 is 0 Å². The number of hydrogen-bond donors (Lipinski definition) is 1. The lowest BCUT2D eigenvalue weighted by molar-refractivity contribution is 0.0954. The van der Waals surface area contributed by atoms with Crippen molar-refractivity contribution in [2.24, 2.45) is 0 Å². The first-order valence-electron chi connectivity index (χ1n) is 9.44. The Hall–Kier alpha value is -2.68. The number of nitrogens with zero attached hydrogens (tertiary/aromatic N) is 1. The van der Waals surface area contributed by atoms with E-state index < -0.39 is 0 Å². The fraction of sp³-hybridized carbons (Fsp3) is 0.304. The van der Waals surface area contributed by atoms with Crippen molar-refractivity contribution in [2.45, 2.75) is 39.5 Å². The Balaban J connectivity index is 1.93. The Morgan fingerprint density at radius 3 is 2.58 bits per heavy atom. The van der Waals surface area contributed by atoms with Crippen molar-refractivity contribution < 1.29 is 4.79 Å². The highest BCUT2D eigenvalue weighted by Gasteiger charge is 2.14. The van der Waals surface area contributed by atoms with Crippen LogP contribution in [0.1, 0.15) is 48.5 Å². The average Bonchev–Trinajstić information content (AvgIpc) is 2.67. The second-order valence-corrected chi connectivity index (χ2v) is 6.76. The first-order valence-corrected chi connectivity index (χ1v) is 9.44. The van der Waals surface area contributed by atoms with Crippen LogP contribution in [0.3, 0.4) is 0 Å². The third kappa shape index (κ3) is 4.29. The molecule has 0 saturated heterocycles. The maximum absolute atomic E-state index is 12.8. The van der Waals surface area contributed by atoms with Crippen LogP contribution in [0.4, 0.5) is 0 Å². The lowest BCUT2D eigenvalue weighted by Crippen LogP contribution is -2.24. The summed E-state index contributed by atoms with van der Waals surface area (Å²) < 4.78 is 0. The molecule has 1 amide bonds. The molecule has 1 aromatic heterocycles. The number of aryl methyl sites for hydroxylation is 1. The molecule has 134 valence electrons. The molecule has 0 fully saturated rings. The summed E-state index contributed by atoms with van der Waals surface area (Å²) in [5.74, 6) is -0.0170. The summed E-state index contributed by atoms with van der Waals surface area (Å²) in [6.45, 7) is 4.95. The van der Waals surface area contributed by atoms with E-state index in [4.69, 9.17) is 4.98 Å². The van der Waals surface area contributed by atoms with Crippen LogP contribution in [0.5, 0.6) is 0 Å². The topological polar surface area (TPSA) is 42.0 Å². The van der Waals surface area contributed by atoms with Gasteiger partial charge in [-0.15, -0.1) is 0 Å². The van der Waals surface area contributed by atoms with Gasteiger partial charge in [-0.1, -0.05) is 68.1 Å². The third-order valence-electron chi connectivity index (χ3n) is 4.59. The smallest absolute Gasteiger partial charge is 0.252 e. The van der Waals surface area contributed by atoms with Gasteiger partial charge in [0.25, 0.3) is 5.91 Å². The highest BCUT2D eigenvalue weighted by molar-refractivity contribution is 6.07. The van der Waals surface area contributed by atoms with E-state index in [0.717, 1.165) is 47.1 Å². The van der Waals surface area contributed by atoms with Gasteiger partial charge in [-0.2, -0.15) is 0 Å². The van der Waals surface area contributed by atoms with E-state index in [-0.39, 0.29) is 5.91 Å². The number of fused-ring (bicyclic) bond motifs is 1. The van der Waals surface area contributed by atoms with Gasteiger partial charge < -0.3 is 5.32 Å². The molecule has 1 heterocycles. The second-order valence-electron chi connectivity index (χ2n) is 6.76. The average molecular weight is 346 g/mol. The molecular formula is C23H26N2O. The van der Waals surface area contributed by atoms with Crippen LogP contribution in [-0.4, -0.2) is 17.4 Å². The molecule has 0 spiro atoms. The molecule has 2 aromatic carbocycles. The molecule has 0 unspecified atom stereocenters. The molecule has 0 aliphatic heterocycles. The number of rotatable bonds is 7. The Morgan fingerprint density at radius 2 is 1.81 bits per heavy atom. The summed E-state index contributed by atoms with van der Waals surface area (Å²) in [5, 5.41) is 3.99. The largest absolute Gasteiger partial charge is 0.352 e. The lowest BCUT2D eigenvalue weighted by atomic mass is 10.0. The van der Waals surface area contributed by atoms with E-state index in [1.165, 1.54) is 12.8 Å². The van der Waals surface area contributed by atoms with Gasteiger partial charge in [-0.3, -0.25) is 4.79 Å². The predicted molar refractivity (Wildman–Crippen MR) is 108 cm³/mol. The molecule has 3 heteroatoms. The van der Waals surface area contributed by atoms with E-state index in [2.05, 4.69) is 12.2 Å². The normalized spacial score (nSPS) is 10.8. The van der Waals surface area contributed by atoms with Crippen LogP contribution in [-0.2, 0) is 0 Å². The van der Waals surface area contributed by atoms with Crippen molar-refractivity contribution in [2.75, 3.05) is 6.54 Å². The molecule has 3 aromatic rings. The zero-order valence-corrected chi connectivity index (χ0v) is 15.6. The number of pyridine rings is 1. The zero-order chi connectivity index (χ0) is 18.4. The maximum atomic E-state index is 12.8. The Kier molecular flexibility index (Phi) is 6.00. The number of hydrogen-bond acceptors (Lipinski definition) is 2. The summed E-state index contributed by atoms with van der Waals surface area (Å²) in [6, 6.07) is 18.0. The number of benzene rings is 2. The minimum atomic E-state index is -0.0170. The van der Waals surface area contributed by atoms with Crippen LogP contribution in [0.2, 0.25) is 0 Å². The van der Waals surface area contributed by atoms with Gasteiger partial charge in [0.1, 0.15) is 0 Å². The fourth-order valence-electron chi connectivity index (χ4n) is 3.13. The zero-order valence-electron chi connectivity index (χ0n) is 15.6. The molecule has 3 nitrogen and oxygen atoms in total. The van der Waals surface area contributed by atoms with Crippen LogP contribution in [0, 0.1) is 6.92 Å². The quantitative estimate of drug-likeness (QED) is 0.572. The van der Waals surface area contributed by atoms with Crippen LogP contribution >= 0.6 is 0 Å². The Bertz CT molecular complexity index is 887. The maximum Gasteiger partial charge on any atom is 0.252 e. The highest BCUT2D eigenvalue weighted by atomic mass is 16.1. The van der Waals surface area contributed by atoms with Crippen molar-refractivity contribution >= 4 is 16.8 Å². The van der Waals surface area contributed by atoms with Gasteiger partial charge in [0.05, 0.1) is 16.8 Å². The van der Waals surface area contributed by atoms with Gasteiger partial charge in [-0.25, -0.2) is 4.98 Å². The number of nitrogens with one attached hydrogen (secondary N) is 1. The molecule has 3 rings (SSSR count). The van der Waals surface area contributed by atoms with Gasteiger partial charge in [0.15, 0.2) is 0 Å². The van der Waals surface area contributed by atoms with Gasteiger partial charge in [0.2, 0.25) is 0 Å². The number of aromatic nitrogens is 1. The number of unbranched alkanes of at least 4 members (excludes halogenated alkanes) is 3. The standard InChI is InChI=1S/C23H26N2O/c1-3-4-5-9-14-24-23(26)20-16-22(18-10-7-6-8-11-18)25-21-13-12-17(2)15-19(20)21/h6-8,10-13,15-16H,3-5,9,14H2,1-2H3,(H,24,26). The molecule has 0 bridgehead atoms. The Morgan fingerprint density at radius 1 is 1.00 bits per heavy atom. The third-order valence-corrected chi connectivity index (χ3v) is 4.59. The van der Waals surface area contributed by atoms with Crippen LogP contribution in [0.25, 0.3) is 22.2 Å². The monoisotopic (exact) mass is 346 g/mol. The molecule has 0 radical (unpaired) electrons. The van der Waals surface area contributed by atoms with Crippen LogP contribution in [0.15, 0.2) is 54.6 Å². The first-order chi connectivity index (χ1) is 12.7. The van der Waals surface area contributed by atoms with Gasteiger partial charge in [-0.05, 0) is 31.5 Å². The van der Waals surface area contributed by atoms with E-state index >= 15 is 0 Å². The molecule has 0 saturated carbocycles. The highest BCUT2D eigenvalue weighted by Crippen LogP contribution is 2.25. The molecule has 0 atom stereocenters. The van der Waals surface area contributed by atoms with Gasteiger partial charge in [0, 0.05) is 17.5 Å². The minimum Gasteiger partial charge on any atom is -0.352 e. The van der Waals surface area contributed by atoms with Crippen LogP contribution < -0.4 is 5.32 Å². The van der Waals surface area contributed by atoms with Crippen molar-refractivity contribution in [3.63, 3.8) is 0 Å². The van der Waals surface area contributed by atoms with Crippen molar-refractivity contribution in [3.05, 3.63) is 65.7 Å². The second kappa shape index (κ2) is 8.61. The van der Waals surface area contributed by atoms with E-state index in [0.29, 0.717) is 5.56 Å². The first kappa shape index (κ1) is 18.1. The van der Waals surface area contributed by atoms with E-state index in [1.54, 1.807) is 0 Å². The predicted octanol–water partition coefficient (Wildman–Crippen LogP) is 5.52. The lowest BCUT2D eigenvalue weighted by Gasteiger charge is -2.11. The summed E-state index contributed by atoms with van der Waals surface area (Å²) >= 11 is 0. The summed E-state index contributed by atoms with van der Waals surface area (Å²) in [5.41, 5.74) is 4.54. The molecule has 26 heavy (non-hydrogen) atoms. The minimum absolute atomic E-state index is 0.0170. The molecule has 0 aliphatic carbocycles.